The largest absolute Gasteiger partial charge is 0.371 e. The van der Waals surface area contributed by atoms with E-state index in [1.807, 2.05) is 6.07 Å². The highest BCUT2D eigenvalue weighted by molar-refractivity contribution is 5.61. The summed E-state index contributed by atoms with van der Waals surface area (Å²) in [5, 5.41) is 9.34. The van der Waals surface area contributed by atoms with Gasteiger partial charge in [0.25, 0.3) is 0 Å². The SMILES string of the molecule is Cc1c(C#N)ccc(N2CC3(CCN(c4ccc(C(C)C)cc4)CC3)CC2C)c1C. The molecule has 2 aliphatic rings. The Kier molecular flexibility index (Phi) is 5.53. The van der Waals surface area contributed by atoms with E-state index in [0.717, 1.165) is 30.8 Å². The smallest absolute Gasteiger partial charge is 0.0994 e. The van der Waals surface area contributed by atoms with Gasteiger partial charge in [-0.05, 0) is 92.3 Å². The molecular weight excluding hydrogens is 366 g/mol. The summed E-state index contributed by atoms with van der Waals surface area (Å²) in [4.78, 5) is 5.18. The van der Waals surface area contributed by atoms with Gasteiger partial charge in [-0.3, -0.25) is 0 Å². The molecular formula is C27H35N3. The van der Waals surface area contributed by atoms with E-state index in [0.29, 0.717) is 17.4 Å². The molecule has 2 heterocycles. The normalized spacial score (nSPS) is 20.8. The molecule has 0 amide bonds. The Morgan fingerprint density at radius 3 is 2.27 bits per heavy atom. The first-order valence-electron chi connectivity index (χ1n) is 11.5. The van der Waals surface area contributed by atoms with Crippen LogP contribution >= 0.6 is 0 Å². The zero-order chi connectivity index (χ0) is 21.5. The molecule has 1 spiro atoms. The maximum atomic E-state index is 9.34. The van der Waals surface area contributed by atoms with Crippen LogP contribution in [-0.2, 0) is 0 Å². The molecule has 0 radical (unpaired) electrons. The van der Waals surface area contributed by atoms with Gasteiger partial charge < -0.3 is 9.80 Å². The van der Waals surface area contributed by atoms with E-state index in [-0.39, 0.29) is 0 Å². The van der Waals surface area contributed by atoms with Crippen molar-refractivity contribution in [2.24, 2.45) is 5.41 Å². The summed E-state index contributed by atoms with van der Waals surface area (Å²) in [6, 6.07) is 16.2. The zero-order valence-electron chi connectivity index (χ0n) is 19.2. The monoisotopic (exact) mass is 401 g/mol. The molecule has 2 aromatic rings. The Bertz CT molecular complexity index is 943. The molecule has 1 atom stereocenters. The average Bonchev–Trinajstić information content (AvgIpc) is 3.06. The summed E-state index contributed by atoms with van der Waals surface area (Å²) in [5.41, 5.74) is 7.72. The Labute approximate surface area is 182 Å². The number of nitriles is 1. The van der Waals surface area contributed by atoms with Gasteiger partial charge in [0.1, 0.15) is 0 Å². The van der Waals surface area contributed by atoms with E-state index in [4.69, 9.17) is 0 Å². The molecule has 4 rings (SSSR count). The van der Waals surface area contributed by atoms with Gasteiger partial charge in [0.15, 0.2) is 0 Å². The average molecular weight is 402 g/mol. The van der Waals surface area contributed by atoms with Crippen LogP contribution in [0.3, 0.4) is 0 Å². The van der Waals surface area contributed by atoms with Crippen LogP contribution < -0.4 is 9.80 Å². The molecule has 0 aliphatic carbocycles. The second kappa shape index (κ2) is 7.99. The lowest BCUT2D eigenvalue weighted by Gasteiger charge is -2.40. The van der Waals surface area contributed by atoms with Gasteiger partial charge in [-0.1, -0.05) is 26.0 Å². The molecule has 0 aromatic heterocycles. The van der Waals surface area contributed by atoms with Crippen LogP contribution in [0.25, 0.3) is 0 Å². The number of piperidine rings is 1. The third-order valence-electron chi connectivity index (χ3n) is 7.70. The van der Waals surface area contributed by atoms with Gasteiger partial charge in [-0.15, -0.1) is 0 Å². The van der Waals surface area contributed by atoms with Crippen LogP contribution in [0, 0.1) is 30.6 Å². The van der Waals surface area contributed by atoms with Crippen molar-refractivity contribution < 1.29 is 0 Å². The lowest BCUT2D eigenvalue weighted by atomic mass is 9.76. The summed E-state index contributed by atoms with van der Waals surface area (Å²) in [5.74, 6) is 0.587. The molecule has 2 saturated heterocycles. The van der Waals surface area contributed by atoms with Gasteiger partial charge in [-0.2, -0.15) is 5.26 Å². The third kappa shape index (κ3) is 3.69. The second-order valence-electron chi connectivity index (χ2n) is 9.91. The highest BCUT2D eigenvalue weighted by Crippen LogP contribution is 2.46. The summed E-state index contributed by atoms with van der Waals surface area (Å²) in [6.45, 7) is 14.6. The Morgan fingerprint density at radius 1 is 1.00 bits per heavy atom. The summed E-state index contributed by atoms with van der Waals surface area (Å²) in [7, 11) is 0. The van der Waals surface area contributed by atoms with E-state index >= 15 is 0 Å². The molecule has 0 bridgehead atoms. The first-order chi connectivity index (χ1) is 14.3. The fourth-order valence-corrected chi connectivity index (χ4v) is 5.55. The van der Waals surface area contributed by atoms with Crippen molar-refractivity contribution in [3.63, 3.8) is 0 Å². The van der Waals surface area contributed by atoms with E-state index < -0.39 is 0 Å². The van der Waals surface area contributed by atoms with Crippen molar-refractivity contribution >= 4 is 11.4 Å². The Balaban J connectivity index is 1.47. The fourth-order valence-electron chi connectivity index (χ4n) is 5.55. The highest BCUT2D eigenvalue weighted by Gasteiger charge is 2.44. The Morgan fingerprint density at radius 2 is 1.67 bits per heavy atom. The van der Waals surface area contributed by atoms with E-state index in [1.165, 1.54) is 41.8 Å². The van der Waals surface area contributed by atoms with Crippen LogP contribution in [0.4, 0.5) is 11.4 Å². The van der Waals surface area contributed by atoms with E-state index in [1.54, 1.807) is 0 Å². The number of benzene rings is 2. The highest BCUT2D eigenvalue weighted by atomic mass is 15.2. The topological polar surface area (TPSA) is 30.3 Å². The van der Waals surface area contributed by atoms with Crippen LogP contribution in [0.15, 0.2) is 36.4 Å². The number of rotatable bonds is 3. The van der Waals surface area contributed by atoms with Crippen LogP contribution in [0.5, 0.6) is 0 Å². The molecule has 1 unspecified atom stereocenters. The minimum Gasteiger partial charge on any atom is -0.371 e. The molecule has 2 aromatic carbocycles. The summed E-state index contributed by atoms with van der Waals surface area (Å²) < 4.78 is 0. The summed E-state index contributed by atoms with van der Waals surface area (Å²) in [6.07, 6.45) is 3.79. The molecule has 2 fully saturated rings. The number of anilines is 2. The maximum absolute atomic E-state index is 9.34. The van der Waals surface area contributed by atoms with Crippen LogP contribution in [-0.4, -0.2) is 25.7 Å². The number of hydrogen-bond donors (Lipinski definition) is 0. The molecule has 158 valence electrons. The minimum absolute atomic E-state index is 0.419. The number of nitrogens with zero attached hydrogens (tertiary/aromatic N) is 3. The quantitative estimate of drug-likeness (QED) is 0.615. The first-order valence-corrected chi connectivity index (χ1v) is 11.5. The lowest BCUT2D eigenvalue weighted by molar-refractivity contribution is 0.245. The molecule has 30 heavy (non-hydrogen) atoms. The van der Waals surface area contributed by atoms with Gasteiger partial charge in [0.05, 0.1) is 11.6 Å². The molecule has 0 N–H and O–H groups in total. The van der Waals surface area contributed by atoms with E-state index in [9.17, 15) is 5.26 Å². The van der Waals surface area contributed by atoms with Crippen LogP contribution in [0.2, 0.25) is 0 Å². The van der Waals surface area contributed by atoms with Crippen molar-refractivity contribution in [1.82, 2.24) is 0 Å². The van der Waals surface area contributed by atoms with Gasteiger partial charge in [-0.25, -0.2) is 0 Å². The zero-order valence-corrected chi connectivity index (χ0v) is 19.2. The fraction of sp³-hybridized carbons (Fsp3) is 0.519. The molecule has 2 aliphatic heterocycles. The van der Waals surface area contributed by atoms with Crippen molar-refractivity contribution in [3.05, 3.63) is 58.7 Å². The maximum Gasteiger partial charge on any atom is 0.0994 e. The lowest BCUT2D eigenvalue weighted by Crippen LogP contribution is -2.41. The third-order valence-corrected chi connectivity index (χ3v) is 7.70. The van der Waals surface area contributed by atoms with Crippen molar-refractivity contribution in [1.29, 1.82) is 5.26 Å². The van der Waals surface area contributed by atoms with E-state index in [2.05, 4.69) is 80.8 Å². The Hall–Kier alpha value is -2.47. The molecule has 3 nitrogen and oxygen atoms in total. The van der Waals surface area contributed by atoms with Gasteiger partial charge in [0.2, 0.25) is 0 Å². The first kappa shape index (κ1) is 20.8. The second-order valence-corrected chi connectivity index (χ2v) is 9.91. The predicted molar refractivity (Wildman–Crippen MR) is 126 cm³/mol. The number of hydrogen-bond acceptors (Lipinski definition) is 3. The molecule has 0 saturated carbocycles. The predicted octanol–water partition coefficient (Wildman–Crippen LogP) is 6.18. The minimum atomic E-state index is 0.419. The summed E-state index contributed by atoms with van der Waals surface area (Å²) >= 11 is 0. The van der Waals surface area contributed by atoms with Crippen molar-refractivity contribution in [2.45, 2.75) is 65.8 Å². The van der Waals surface area contributed by atoms with Gasteiger partial charge >= 0.3 is 0 Å². The molecule has 3 heteroatoms. The van der Waals surface area contributed by atoms with Crippen molar-refractivity contribution in [3.8, 4) is 6.07 Å². The standard InChI is InChI=1S/C27H35N3/c1-19(2)23-6-9-25(10-7-23)29-14-12-27(13-15-29)16-20(3)30(18-27)26-11-8-24(17-28)21(4)22(26)5/h6-11,19-20H,12-16,18H2,1-5H3. The van der Waals surface area contributed by atoms with Gasteiger partial charge in [0, 0.05) is 37.1 Å². The van der Waals surface area contributed by atoms with Crippen molar-refractivity contribution in [2.75, 3.05) is 29.4 Å². The van der Waals surface area contributed by atoms with Crippen LogP contribution in [0.1, 0.15) is 68.2 Å².